The van der Waals surface area contributed by atoms with Crippen molar-refractivity contribution in [3.05, 3.63) is 16.1 Å². The number of hydrogen-bond donors (Lipinski definition) is 2. The molecule has 1 heterocycles. The van der Waals surface area contributed by atoms with Gasteiger partial charge in [0, 0.05) is 30.9 Å². The monoisotopic (exact) mass is 323 g/mol. The van der Waals surface area contributed by atoms with Gasteiger partial charge in [-0.1, -0.05) is 0 Å². The Bertz CT molecular complexity index is 488. The zero-order valence-electron chi connectivity index (χ0n) is 11.2. The summed E-state index contributed by atoms with van der Waals surface area (Å²) in [6.07, 6.45) is -2.32. The van der Waals surface area contributed by atoms with Crippen LogP contribution in [0.3, 0.4) is 0 Å². The number of carbonyl (C=O) groups excluding carboxylic acids is 1. The van der Waals surface area contributed by atoms with Crippen molar-refractivity contribution in [1.82, 2.24) is 15.2 Å². The Morgan fingerprint density at radius 1 is 1.52 bits per heavy atom. The van der Waals surface area contributed by atoms with Crippen molar-refractivity contribution < 1.29 is 23.1 Å². The van der Waals surface area contributed by atoms with Gasteiger partial charge >= 0.3 is 12.2 Å². The SMILES string of the molecule is O=C(NCCc1nc(C(F)(F)F)cs1)N(CCO)C1CC1. The lowest BCUT2D eigenvalue weighted by atomic mass is 10.4. The van der Waals surface area contributed by atoms with Gasteiger partial charge in [0.25, 0.3) is 0 Å². The number of alkyl halides is 3. The molecule has 1 aromatic heterocycles. The second kappa shape index (κ2) is 6.61. The molecular formula is C12H16F3N3O2S. The minimum Gasteiger partial charge on any atom is -0.395 e. The van der Waals surface area contributed by atoms with Crippen LogP contribution in [0, 0.1) is 0 Å². The fourth-order valence-corrected chi connectivity index (χ4v) is 2.68. The number of thiazole rings is 1. The number of hydrogen-bond acceptors (Lipinski definition) is 4. The number of nitrogens with one attached hydrogen (secondary N) is 1. The van der Waals surface area contributed by atoms with Crippen molar-refractivity contribution >= 4 is 17.4 Å². The van der Waals surface area contributed by atoms with Crippen LogP contribution in [0.15, 0.2) is 5.38 Å². The molecule has 1 saturated carbocycles. The number of amides is 2. The van der Waals surface area contributed by atoms with Gasteiger partial charge in [0.1, 0.15) is 0 Å². The maximum atomic E-state index is 12.4. The Hall–Kier alpha value is -1.35. The predicted molar refractivity (Wildman–Crippen MR) is 71.0 cm³/mol. The number of rotatable bonds is 6. The van der Waals surface area contributed by atoms with Crippen molar-refractivity contribution in [3.8, 4) is 0 Å². The van der Waals surface area contributed by atoms with Crippen molar-refractivity contribution in [3.63, 3.8) is 0 Å². The largest absolute Gasteiger partial charge is 0.434 e. The van der Waals surface area contributed by atoms with Gasteiger partial charge in [-0.05, 0) is 12.8 Å². The van der Waals surface area contributed by atoms with E-state index in [0.717, 1.165) is 29.6 Å². The molecule has 0 spiro atoms. The Labute approximate surface area is 123 Å². The molecule has 21 heavy (non-hydrogen) atoms. The molecule has 2 rings (SSSR count). The number of carbonyl (C=O) groups is 1. The van der Waals surface area contributed by atoms with Gasteiger partial charge in [0.05, 0.1) is 11.6 Å². The molecule has 1 aromatic rings. The van der Waals surface area contributed by atoms with Crippen LogP contribution in [0.4, 0.5) is 18.0 Å². The maximum Gasteiger partial charge on any atom is 0.434 e. The third kappa shape index (κ3) is 4.57. The fourth-order valence-electron chi connectivity index (χ4n) is 1.88. The van der Waals surface area contributed by atoms with E-state index in [2.05, 4.69) is 10.3 Å². The molecular weight excluding hydrogens is 307 g/mol. The second-order valence-electron chi connectivity index (χ2n) is 4.75. The summed E-state index contributed by atoms with van der Waals surface area (Å²) in [7, 11) is 0. The summed E-state index contributed by atoms with van der Waals surface area (Å²) in [5.74, 6) is 0. The van der Waals surface area contributed by atoms with E-state index in [-0.39, 0.29) is 38.2 Å². The predicted octanol–water partition coefficient (Wildman–Crippen LogP) is 1.87. The van der Waals surface area contributed by atoms with Crippen LogP contribution in [0.1, 0.15) is 23.5 Å². The minimum absolute atomic E-state index is 0.106. The summed E-state index contributed by atoms with van der Waals surface area (Å²) in [6, 6.07) is -0.118. The van der Waals surface area contributed by atoms with Crippen molar-refractivity contribution in [1.29, 1.82) is 0 Å². The molecule has 1 aliphatic carbocycles. The van der Waals surface area contributed by atoms with Crippen molar-refractivity contribution in [2.45, 2.75) is 31.5 Å². The van der Waals surface area contributed by atoms with Crippen LogP contribution in [-0.4, -0.2) is 46.8 Å². The van der Waals surface area contributed by atoms with Gasteiger partial charge < -0.3 is 15.3 Å². The maximum absolute atomic E-state index is 12.4. The van der Waals surface area contributed by atoms with Crippen LogP contribution < -0.4 is 5.32 Å². The standard InChI is InChI=1S/C12H16F3N3O2S/c13-12(14,15)9-7-21-10(17-9)3-4-16-11(20)18(5-6-19)8-1-2-8/h7-8,19H,1-6H2,(H,16,20). The first-order valence-corrected chi connectivity index (χ1v) is 7.46. The molecule has 5 nitrogen and oxygen atoms in total. The summed E-state index contributed by atoms with van der Waals surface area (Å²) in [6.45, 7) is 0.385. The third-order valence-corrected chi connectivity index (χ3v) is 3.96. The van der Waals surface area contributed by atoms with E-state index >= 15 is 0 Å². The van der Waals surface area contributed by atoms with E-state index < -0.39 is 11.9 Å². The van der Waals surface area contributed by atoms with Crippen LogP contribution in [-0.2, 0) is 12.6 Å². The Balaban J connectivity index is 1.78. The first kappa shape index (κ1) is 16.0. The first-order chi connectivity index (χ1) is 9.91. The number of nitrogens with zero attached hydrogens (tertiary/aromatic N) is 2. The van der Waals surface area contributed by atoms with Gasteiger partial charge in [-0.2, -0.15) is 13.2 Å². The van der Waals surface area contributed by atoms with Crippen LogP contribution >= 0.6 is 11.3 Å². The lowest BCUT2D eigenvalue weighted by Crippen LogP contribution is -2.43. The molecule has 0 atom stereocenters. The molecule has 0 aromatic carbocycles. The molecule has 1 aliphatic rings. The molecule has 0 aliphatic heterocycles. The van der Waals surface area contributed by atoms with Crippen molar-refractivity contribution in [2.75, 3.05) is 19.7 Å². The summed E-state index contributed by atoms with van der Waals surface area (Å²) < 4.78 is 37.1. The zero-order valence-corrected chi connectivity index (χ0v) is 12.0. The fraction of sp³-hybridized carbons (Fsp3) is 0.667. The molecule has 2 amide bonds. The molecule has 118 valence electrons. The van der Waals surface area contributed by atoms with E-state index in [4.69, 9.17) is 5.11 Å². The van der Waals surface area contributed by atoms with E-state index in [9.17, 15) is 18.0 Å². The summed E-state index contributed by atoms with van der Waals surface area (Å²) in [4.78, 5) is 16.9. The number of aliphatic hydroxyl groups excluding tert-OH is 1. The van der Waals surface area contributed by atoms with Gasteiger partial charge in [-0.3, -0.25) is 0 Å². The molecule has 9 heteroatoms. The van der Waals surface area contributed by atoms with E-state index in [0.29, 0.717) is 5.01 Å². The van der Waals surface area contributed by atoms with Crippen LogP contribution in [0.25, 0.3) is 0 Å². The quantitative estimate of drug-likeness (QED) is 0.840. The molecule has 0 unspecified atom stereocenters. The van der Waals surface area contributed by atoms with Gasteiger partial charge in [-0.15, -0.1) is 11.3 Å². The highest BCUT2D eigenvalue weighted by Gasteiger charge is 2.34. The van der Waals surface area contributed by atoms with Gasteiger partial charge in [-0.25, -0.2) is 9.78 Å². The molecule has 1 fully saturated rings. The van der Waals surface area contributed by atoms with E-state index in [1.165, 1.54) is 0 Å². The average Bonchev–Trinajstić information content (AvgIpc) is 3.12. The first-order valence-electron chi connectivity index (χ1n) is 6.58. The molecule has 0 bridgehead atoms. The minimum atomic E-state index is -4.43. The highest BCUT2D eigenvalue weighted by molar-refractivity contribution is 7.09. The highest BCUT2D eigenvalue weighted by Crippen LogP contribution is 2.30. The molecule has 2 N–H and O–H groups in total. The van der Waals surface area contributed by atoms with E-state index in [1.807, 2.05) is 0 Å². The summed E-state index contributed by atoms with van der Waals surface area (Å²) in [5.41, 5.74) is -0.895. The molecule has 0 radical (unpaired) electrons. The van der Waals surface area contributed by atoms with Crippen LogP contribution in [0.5, 0.6) is 0 Å². The van der Waals surface area contributed by atoms with Crippen molar-refractivity contribution in [2.24, 2.45) is 0 Å². The average molecular weight is 323 g/mol. The Morgan fingerprint density at radius 3 is 2.76 bits per heavy atom. The van der Waals surface area contributed by atoms with Gasteiger partial charge in [0.15, 0.2) is 5.69 Å². The zero-order chi connectivity index (χ0) is 15.5. The summed E-state index contributed by atoms with van der Waals surface area (Å²) in [5, 5.41) is 12.9. The van der Waals surface area contributed by atoms with E-state index in [1.54, 1.807) is 4.90 Å². The normalized spacial score (nSPS) is 15.0. The number of aliphatic hydroxyl groups is 1. The number of urea groups is 1. The van der Waals surface area contributed by atoms with Crippen LogP contribution in [0.2, 0.25) is 0 Å². The Morgan fingerprint density at radius 2 is 2.24 bits per heavy atom. The third-order valence-electron chi connectivity index (χ3n) is 3.05. The lowest BCUT2D eigenvalue weighted by molar-refractivity contribution is -0.140. The summed E-state index contributed by atoms with van der Waals surface area (Å²) >= 11 is 0.929. The number of halogens is 3. The second-order valence-corrected chi connectivity index (χ2v) is 5.70. The molecule has 0 saturated heterocycles. The van der Waals surface area contributed by atoms with Gasteiger partial charge in [0.2, 0.25) is 0 Å². The smallest absolute Gasteiger partial charge is 0.395 e. The topological polar surface area (TPSA) is 65.5 Å². The Kier molecular flexibility index (Phi) is 5.04. The lowest BCUT2D eigenvalue weighted by Gasteiger charge is -2.21. The highest BCUT2D eigenvalue weighted by atomic mass is 32.1. The number of aromatic nitrogens is 1.